The third kappa shape index (κ3) is 2.60. The van der Waals surface area contributed by atoms with Gasteiger partial charge in [0.15, 0.2) is 5.92 Å². The van der Waals surface area contributed by atoms with Crippen LogP contribution in [0.1, 0.15) is 29.5 Å². The molecule has 0 radical (unpaired) electrons. The highest BCUT2D eigenvalue weighted by atomic mass is 16.5. The highest BCUT2D eigenvalue weighted by Gasteiger charge is 2.23. The number of carbonyl (C=O) groups is 1. The van der Waals surface area contributed by atoms with Crippen LogP contribution < -0.4 is 0 Å². The predicted molar refractivity (Wildman–Crippen MR) is 60.9 cm³/mol. The molecule has 1 unspecified atom stereocenters. The quantitative estimate of drug-likeness (QED) is 0.731. The van der Waals surface area contributed by atoms with Gasteiger partial charge in [0.25, 0.3) is 0 Å². The van der Waals surface area contributed by atoms with Crippen LogP contribution in [-0.2, 0) is 9.53 Å². The molecule has 0 aromatic heterocycles. The Morgan fingerprint density at radius 1 is 1.50 bits per heavy atom. The normalized spacial score (nSPS) is 11.6. The van der Waals surface area contributed by atoms with Crippen molar-refractivity contribution in [1.82, 2.24) is 0 Å². The van der Waals surface area contributed by atoms with Crippen LogP contribution in [-0.4, -0.2) is 12.6 Å². The van der Waals surface area contributed by atoms with Gasteiger partial charge in [-0.2, -0.15) is 5.26 Å². The lowest BCUT2D eigenvalue weighted by atomic mass is 9.94. The smallest absolute Gasteiger partial charge is 0.327 e. The standard InChI is InChI=1S/C13H15NO2/c1-4-16-13(15)12(8-14)11-7-9(2)5-6-10(11)3/h5-7,12H,4H2,1-3H3. The topological polar surface area (TPSA) is 50.1 Å². The number of nitriles is 1. The second-order valence-corrected chi connectivity index (χ2v) is 3.67. The maximum absolute atomic E-state index is 11.6. The summed E-state index contributed by atoms with van der Waals surface area (Å²) in [5, 5.41) is 9.04. The highest BCUT2D eigenvalue weighted by molar-refractivity contribution is 5.81. The van der Waals surface area contributed by atoms with E-state index >= 15 is 0 Å². The number of carbonyl (C=O) groups excluding carboxylic acids is 1. The third-order valence-corrected chi connectivity index (χ3v) is 2.40. The summed E-state index contributed by atoms with van der Waals surface area (Å²) in [6.45, 7) is 5.85. The molecule has 3 nitrogen and oxygen atoms in total. The molecule has 1 atom stereocenters. The van der Waals surface area contributed by atoms with Crippen LogP contribution in [0.25, 0.3) is 0 Å². The van der Waals surface area contributed by atoms with Gasteiger partial charge in [-0.25, -0.2) is 0 Å². The number of ether oxygens (including phenoxy) is 1. The zero-order valence-corrected chi connectivity index (χ0v) is 9.78. The molecule has 1 aromatic rings. The van der Waals surface area contributed by atoms with Gasteiger partial charge in [0.05, 0.1) is 12.7 Å². The van der Waals surface area contributed by atoms with E-state index in [0.717, 1.165) is 16.7 Å². The van der Waals surface area contributed by atoms with Crippen molar-refractivity contribution >= 4 is 5.97 Å². The van der Waals surface area contributed by atoms with E-state index in [0.29, 0.717) is 6.61 Å². The lowest BCUT2D eigenvalue weighted by molar-refractivity contribution is -0.143. The molecule has 0 saturated heterocycles. The molecule has 1 rings (SSSR count). The van der Waals surface area contributed by atoms with Crippen LogP contribution in [0, 0.1) is 25.2 Å². The minimum absolute atomic E-state index is 0.294. The molecule has 0 heterocycles. The third-order valence-electron chi connectivity index (χ3n) is 2.40. The van der Waals surface area contributed by atoms with Crippen molar-refractivity contribution in [3.05, 3.63) is 34.9 Å². The summed E-state index contributed by atoms with van der Waals surface area (Å²) in [5.41, 5.74) is 2.70. The van der Waals surface area contributed by atoms with Gasteiger partial charge in [-0.1, -0.05) is 23.8 Å². The summed E-state index contributed by atoms with van der Waals surface area (Å²) in [7, 11) is 0. The fourth-order valence-electron chi connectivity index (χ4n) is 1.55. The molecule has 84 valence electrons. The summed E-state index contributed by atoms with van der Waals surface area (Å²) in [5.74, 6) is -1.29. The lowest BCUT2D eigenvalue weighted by Gasteiger charge is -2.12. The van der Waals surface area contributed by atoms with Crippen LogP contribution >= 0.6 is 0 Å². The monoisotopic (exact) mass is 217 g/mol. The lowest BCUT2D eigenvalue weighted by Crippen LogP contribution is -2.15. The Morgan fingerprint density at radius 3 is 2.75 bits per heavy atom. The van der Waals surface area contributed by atoms with Gasteiger partial charge in [-0.05, 0) is 31.9 Å². The molecule has 0 amide bonds. The summed E-state index contributed by atoms with van der Waals surface area (Å²) in [4.78, 5) is 11.6. The minimum atomic E-state index is -0.820. The fourth-order valence-corrected chi connectivity index (χ4v) is 1.55. The van der Waals surface area contributed by atoms with Crippen LogP contribution in [0.15, 0.2) is 18.2 Å². The minimum Gasteiger partial charge on any atom is -0.465 e. The largest absolute Gasteiger partial charge is 0.465 e. The molecule has 0 aliphatic rings. The number of benzene rings is 1. The number of aryl methyl sites for hydroxylation is 2. The van der Waals surface area contributed by atoms with E-state index in [2.05, 4.69) is 0 Å². The average molecular weight is 217 g/mol. The van der Waals surface area contributed by atoms with Gasteiger partial charge < -0.3 is 4.74 Å². The molecular formula is C13H15NO2. The molecule has 0 aliphatic carbocycles. The van der Waals surface area contributed by atoms with Crippen LogP contribution in [0.3, 0.4) is 0 Å². The van der Waals surface area contributed by atoms with Crippen LogP contribution in [0.2, 0.25) is 0 Å². The maximum atomic E-state index is 11.6. The first kappa shape index (κ1) is 12.3. The Morgan fingerprint density at radius 2 is 2.19 bits per heavy atom. The fraction of sp³-hybridized carbons (Fsp3) is 0.385. The van der Waals surface area contributed by atoms with Crippen molar-refractivity contribution in [2.45, 2.75) is 26.7 Å². The Balaban J connectivity index is 3.09. The molecule has 3 heteroatoms. The number of nitrogens with zero attached hydrogens (tertiary/aromatic N) is 1. The Kier molecular flexibility index (Phi) is 4.07. The van der Waals surface area contributed by atoms with Crippen molar-refractivity contribution in [3.8, 4) is 6.07 Å². The van der Waals surface area contributed by atoms with E-state index in [9.17, 15) is 4.79 Å². The molecular weight excluding hydrogens is 202 g/mol. The Bertz CT molecular complexity index is 432. The van der Waals surface area contributed by atoms with E-state index in [1.807, 2.05) is 38.1 Å². The van der Waals surface area contributed by atoms with E-state index < -0.39 is 11.9 Å². The summed E-state index contributed by atoms with van der Waals surface area (Å²) < 4.78 is 4.88. The van der Waals surface area contributed by atoms with Crippen molar-refractivity contribution in [2.24, 2.45) is 0 Å². The van der Waals surface area contributed by atoms with E-state index in [1.54, 1.807) is 6.92 Å². The molecule has 0 fully saturated rings. The van der Waals surface area contributed by atoms with E-state index in [4.69, 9.17) is 10.00 Å². The SMILES string of the molecule is CCOC(=O)C(C#N)c1cc(C)ccc1C. The van der Waals surface area contributed by atoms with Crippen LogP contribution in [0.5, 0.6) is 0 Å². The molecule has 0 spiro atoms. The second-order valence-electron chi connectivity index (χ2n) is 3.67. The van der Waals surface area contributed by atoms with Crippen molar-refractivity contribution in [1.29, 1.82) is 5.26 Å². The van der Waals surface area contributed by atoms with Gasteiger partial charge in [0, 0.05) is 0 Å². The second kappa shape index (κ2) is 5.32. The number of rotatable bonds is 3. The number of hydrogen-bond acceptors (Lipinski definition) is 3. The molecule has 0 saturated carbocycles. The van der Waals surface area contributed by atoms with Crippen molar-refractivity contribution < 1.29 is 9.53 Å². The van der Waals surface area contributed by atoms with Gasteiger partial charge in [-0.15, -0.1) is 0 Å². The predicted octanol–water partition coefficient (Wildman–Crippen LogP) is 2.47. The highest BCUT2D eigenvalue weighted by Crippen LogP contribution is 2.22. The molecule has 0 N–H and O–H groups in total. The van der Waals surface area contributed by atoms with Gasteiger partial charge in [0.1, 0.15) is 0 Å². The molecule has 1 aromatic carbocycles. The molecule has 0 aliphatic heterocycles. The maximum Gasteiger partial charge on any atom is 0.327 e. The Labute approximate surface area is 95.7 Å². The first-order valence-electron chi connectivity index (χ1n) is 5.23. The molecule has 16 heavy (non-hydrogen) atoms. The summed E-state index contributed by atoms with van der Waals surface area (Å²) in [6.07, 6.45) is 0. The first-order chi connectivity index (χ1) is 7.60. The summed E-state index contributed by atoms with van der Waals surface area (Å²) in [6, 6.07) is 7.73. The van der Waals surface area contributed by atoms with Crippen molar-refractivity contribution in [2.75, 3.05) is 6.61 Å². The average Bonchev–Trinajstić information content (AvgIpc) is 2.24. The number of hydrogen-bond donors (Lipinski definition) is 0. The van der Waals surface area contributed by atoms with Gasteiger partial charge in [0.2, 0.25) is 0 Å². The zero-order chi connectivity index (χ0) is 12.1. The zero-order valence-electron chi connectivity index (χ0n) is 9.78. The summed E-state index contributed by atoms with van der Waals surface area (Å²) >= 11 is 0. The van der Waals surface area contributed by atoms with Gasteiger partial charge >= 0.3 is 5.97 Å². The van der Waals surface area contributed by atoms with Crippen LogP contribution in [0.4, 0.5) is 0 Å². The van der Waals surface area contributed by atoms with Gasteiger partial charge in [-0.3, -0.25) is 4.79 Å². The first-order valence-corrected chi connectivity index (χ1v) is 5.23. The molecule has 0 bridgehead atoms. The van der Waals surface area contributed by atoms with E-state index in [1.165, 1.54) is 0 Å². The van der Waals surface area contributed by atoms with Crippen molar-refractivity contribution in [3.63, 3.8) is 0 Å². The Hall–Kier alpha value is -1.82. The van der Waals surface area contributed by atoms with E-state index in [-0.39, 0.29) is 0 Å². The number of esters is 1.